The number of Topliss-reactive ketones (excluding diaryl/α,β-unsaturated/α-hetero) is 1. The molecule has 0 aromatic heterocycles. The molecule has 2 rings (SSSR count). The van der Waals surface area contributed by atoms with Gasteiger partial charge in [0.2, 0.25) is 0 Å². The number of ketones is 1. The first-order valence-electron chi connectivity index (χ1n) is 10.3. The average Bonchev–Trinajstić information content (AvgIpc) is 2.61. The molecule has 170 valence electrons. The fraction of sp³-hybridized carbons (Fsp3) is 0.565. The van der Waals surface area contributed by atoms with E-state index >= 15 is 0 Å². The number of esters is 1. The summed E-state index contributed by atoms with van der Waals surface area (Å²) in [6, 6.07) is 6.00. The largest absolute Gasteiger partial charge is 0.454 e. The summed E-state index contributed by atoms with van der Waals surface area (Å²) in [7, 11) is 0. The minimum absolute atomic E-state index is 0.103. The molecule has 0 unspecified atom stereocenters. The standard InChI is InChI=1S/C23H31BrN2O5/c1-14(2)19(25-20(29)16-9-7-8-10-17(16)24)21(30)31-13-18(28)26-22(3,4)11-15(27)12-23(26,5)6/h7-10,14,19H,11-13H2,1-6H3,(H,25,29)/t19-/m0/s1. The second-order valence-electron chi connectivity index (χ2n) is 9.53. The summed E-state index contributed by atoms with van der Waals surface area (Å²) >= 11 is 3.33. The number of hydrogen-bond donors (Lipinski definition) is 1. The number of rotatable bonds is 6. The Morgan fingerprint density at radius 1 is 1.10 bits per heavy atom. The molecule has 0 saturated carbocycles. The van der Waals surface area contributed by atoms with Gasteiger partial charge in [0.25, 0.3) is 11.8 Å². The van der Waals surface area contributed by atoms with Gasteiger partial charge in [0, 0.05) is 28.4 Å². The topological polar surface area (TPSA) is 92.8 Å². The zero-order valence-corrected chi connectivity index (χ0v) is 20.5. The SMILES string of the molecule is CC(C)[C@H](NC(=O)c1ccccc1Br)C(=O)OCC(=O)N1C(C)(C)CC(=O)CC1(C)C. The second kappa shape index (κ2) is 9.51. The van der Waals surface area contributed by atoms with E-state index in [4.69, 9.17) is 4.74 Å². The number of amides is 2. The van der Waals surface area contributed by atoms with Crippen molar-refractivity contribution in [2.75, 3.05) is 6.61 Å². The highest BCUT2D eigenvalue weighted by molar-refractivity contribution is 9.10. The number of nitrogens with one attached hydrogen (secondary N) is 1. The number of hydrogen-bond acceptors (Lipinski definition) is 5. The first kappa shape index (κ1) is 25.0. The van der Waals surface area contributed by atoms with E-state index in [0.29, 0.717) is 10.0 Å². The van der Waals surface area contributed by atoms with Crippen LogP contribution in [0.2, 0.25) is 0 Å². The van der Waals surface area contributed by atoms with Crippen LogP contribution in [-0.4, -0.2) is 52.2 Å². The van der Waals surface area contributed by atoms with Gasteiger partial charge < -0.3 is 15.0 Å². The molecule has 1 heterocycles. The number of piperidine rings is 1. The van der Waals surface area contributed by atoms with Gasteiger partial charge in [0.15, 0.2) is 6.61 Å². The third-order valence-corrected chi connectivity index (χ3v) is 6.07. The van der Waals surface area contributed by atoms with Crippen molar-refractivity contribution in [1.29, 1.82) is 0 Å². The van der Waals surface area contributed by atoms with Crippen LogP contribution in [0.1, 0.15) is 64.7 Å². The molecule has 8 heteroatoms. The summed E-state index contributed by atoms with van der Waals surface area (Å²) in [4.78, 5) is 52.0. The Labute approximate surface area is 192 Å². The van der Waals surface area contributed by atoms with Crippen molar-refractivity contribution in [1.82, 2.24) is 10.2 Å². The van der Waals surface area contributed by atoms with Crippen molar-refractivity contribution >= 4 is 39.5 Å². The van der Waals surface area contributed by atoms with Crippen LogP contribution in [0.5, 0.6) is 0 Å². The molecule has 0 bridgehead atoms. The van der Waals surface area contributed by atoms with E-state index in [9.17, 15) is 19.2 Å². The third-order valence-electron chi connectivity index (χ3n) is 5.38. The Balaban J connectivity index is 2.08. The van der Waals surface area contributed by atoms with Crippen LogP contribution < -0.4 is 5.32 Å². The Morgan fingerprint density at radius 2 is 1.65 bits per heavy atom. The van der Waals surface area contributed by atoms with Crippen molar-refractivity contribution in [3.63, 3.8) is 0 Å². The highest BCUT2D eigenvalue weighted by Crippen LogP contribution is 2.36. The van der Waals surface area contributed by atoms with Gasteiger partial charge in [-0.1, -0.05) is 26.0 Å². The zero-order chi connectivity index (χ0) is 23.6. The lowest BCUT2D eigenvalue weighted by atomic mass is 9.79. The maximum absolute atomic E-state index is 13.0. The fourth-order valence-corrected chi connectivity index (χ4v) is 4.79. The summed E-state index contributed by atoms with van der Waals surface area (Å²) in [6.07, 6.45) is 0.513. The summed E-state index contributed by atoms with van der Waals surface area (Å²) < 4.78 is 5.93. The molecule has 0 spiro atoms. The molecule has 7 nitrogen and oxygen atoms in total. The van der Waals surface area contributed by atoms with Gasteiger partial charge >= 0.3 is 5.97 Å². The van der Waals surface area contributed by atoms with Crippen LogP contribution >= 0.6 is 15.9 Å². The highest BCUT2D eigenvalue weighted by atomic mass is 79.9. The predicted molar refractivity (Wildman–Crippen MR) is 120 cm³/mol. The fourth-order valence-electron chi connectivity index (χ4n) is 4.33. The summed E-state index contributed by atoms with van der Waals surface area (Å²) in [5.41, 5.74) is -0.945. The van der Waals surface area contributed by atoms with E-state index in [0.717, 1.165) is 0 Å². The lowest BCUT2D eigenvalue weighted by Gasteiger charge is -2.52. The number of likely N-dealkylation sites (tertiary alicyclic amines) is 1. The van der Waals surface area contributed by atoms with Crippen LogP contribution in [-0.2, 0) is 19.1 Å². The second-order valence-corrected chi connectivity index (χ2v) is 10.4. The number of nitrogens with zero attached hydrogens (tertiary/aromatic N) is 1. The first-order valence-corrected chi connectivity index (χ1v) is 11.1. The molecule has 1 N–H and O–H groups in total. The van der Waals surface area contributed by atoms with E-state index in [1.807, 2.05) is 27.7 Å². The Kier molecular flexibility index (Phi) is 7.68. The van der Waals surface area contributed by atoms with Crippen molar-refractivity contribution in [3.05, 3.63) is 34.3 Å². The van der Waals surface area contributed by atoms with E-state index in [1.54, 1.807) is 43.0 Å². The quantitative estimate of drug-likeness (QED) is 0.610. The van der Waals surface area contributed by atoms with Crippen LogP contribution in [0.15, 0.2) is 28.7 Å². The molecule has 1 fully saturated rings. The van der Waals surface area contributed by atoms with Gasteiger partial charge in [-0.25, -0.2) is 4.79 Å². The minimum Gasteiger partial charge on any atom is -0.454 e. The van der Waals surface area contributed by atoms with E-state index in [1.165, 1.54) is 0 Å². The summed E-state index contributed by atoms with van der Waals surface area (Å²) in [5.74, 6) is -1.59. The number of carbonyl (C=O) groups is 4. The Morgan fingerprint density at radius 3 is 2.16 bits per heavy atom. The molecule has 0 aliphatic carbocycles. The van der Waals surface area contributed by atoms with Crippen LogP contribution in [0, 0.1) is 5.92 Å². The van der Waals surface area contributed by atoms with Crippen LogP contribution in [0.4, 0.5) is 0 Å². The summed E-state index contributed by atoms with van der Waals surface area (Å²) in [5, 5.41) is 2.70. The Hall–Kier alpha value is -2.22. The lowest BCUT2D eigenvalue weighted by Crippen LogP contribution is -2.64. The smallest absolute Gasteiger partial charge is 0.329 e. The van der Waals surface area contributed by atoms with Gasteiger partial charge in [-0.2, -0.15) is 0 Å². The van der Waals surface area contributed by atoms with Gasteiger partial charge in [0.05, 0.1) is 5.56 Å². The number of benzene rings is 1. The third kappa shape index (κ3) is 5.93. The zero-order valence-electron chi connectivity index (χ0n) is 19.0. The molecule has 0 radical (unpaired) electrons. The maximum Gasteiger partial charge on any atom is 0.329 e. The van der Waals surface area contributed by atoms with Gasteiger partial charge in [-0.3, -0.25) is 14.4 Å². The molecular formula is C23H31BrN2O5. The number of halogens is 1. The first-order chi connectivity index (χ1) is 14.3. The molecule has 1 aromatic rings. The Bertz CT molecular complexity index is 858. The van der Waals surface area contributed by atoms with Gasteiger partial charge in [0.1, 0.15) is 11.8 Å². The molecule has 1 aliphatic heterocycles. The van der Waals surface area contributed by atoms with Crippen LogP contribution in [0.3, 0.4) is 0 Å². The number of carbonyl (C=O) groups excluding carboxylic acids is 4. The minimum atomic E-state index is -0.906. The van der Waals surface area contributed by atoms with E-state index in [-0.39, 0.29) is 30.4 Å². The van der Waals surface area contributed by atoms with Crippen molar-refractivity contribution < 1.29 is 23.9 Å². The normalized spacial score (nSPS) is 18.5. The maximum atomic E-state index is 13.0. The average molecular weight is 495 g/mol. The lowest BCUT2D eigenvalue weighted by molar-refractivity contribution is -0.164. The van der Waals surface area contributed by atoms with E-state index in [2.05, 4.69) is 21.2 Å². The van der Waals surface area contributed by atoms with Gasteiger partial charge in [-0.05, 0) is 61.7 Å². The molecule has 31 heavy (non-hydrogen) atoms. The molecule has 1 atom stereocenters. The van der Waals surface area contributed by atoms with Crippen molar-refractivity contribution in [2.24, 2.45) is 5.92 Å². The molecule has 1 aromatic carbocycles. The molecular weight excluding hydrogens is 464 g/mol. The molecule has 1 saturated heterocycles. The van der Waals surface area contributed by atoms with E-state index < -0.39 is 35.6 Å². The number of ether oxygens (including phenoxy) is 1. The van der Waals surface area contributed by atoms with Gasteiger partial charge in [-0.15, -0.1) is 0 Å². The summed E-state index contributed by atoms with van der Waals surface area (Å²) in [6.45, 7) is 10.5. The van der Waals surface area contributed by atoms with Crippen molar-refractivity contribution in [2.45, 2.75) is 71.5 Å². The highest BCUT2D eigenvalue weighted by Gasteiger charge is 2.47. The van der Waals surface area contributed by atoms with Crippen LogP contribution in [0.25, 0.3) is 0 Å². The predicted octanol–water partition coefficient (Wildman–Crippen LogP) is 3.50. The monoisotopic (exact) mass is 494 g/mol. The molecule has 1 aliphatic rings. The van der Waals surface area contributed by atoms with Crippen molar-refractivity contribution in [3.8, 4) is 0 Å². The molecule has 2 amide bonds.